The highest BCUT2D eigenvalue weighted by atomic mass is 16.5. The Hall–Kier alpha value is -1.89. The number of amides is 1. The highest BCUT2D eigenvalue weighted by Crippen LogP contribution is 2.16. The second-order valence-electron chi connectivity index (χ2n) is 11.2. The zero-order valence-corrected chi connectivity index (χ0v) is 25.9. The molecule has 0 aliphatic heterocycles. The fourth-order valence-corrected chi connectivity index (χ4v) is 4.85. The first-order valence-electron chi connectivity index (χ1n) is 16.5. The lowest BCUT2D eigenvalue weighted by Gasteiger charge is -2.17. The number of esters is 1. The van der Waals surface area contributed by atoms with Gasteiger partial charge in [0.05, 0.1) is 0 Å². The number of hydrogen-bond acceptors (Lipinski definition) is 5. The Balaban J connectivity index is 3.83. The van der Waals surface area contributed by atoms with Crippen molar-refractivity contribution in [3.05, 3.63) is 12.2 Å². The molecule has 0 heterocycles. The largest absolute Gasteiger partial charge is 0.480 e. The number of nitrogens with two attached hydrogens (primary N) is 1. The van der Waals surface area contributed by atoms with E-state index in [2.05, 4.69) is 31.3 Å². The van der Waals surface area contributed by atoms with Gasteiger partial charge in [-0.05, 0) is 77.2 Å². The SMILES string of the molecule is CCCCCCCC/C=C\CCCCCCCC(=O)OC(CCC)CCCCCC(=O)NC(CCCN)C(=O)O. The van der Waals surface area contributed by atoms with Gasteiger partial charge in [-0.3, -0.25) is 9.59 Å². The highest BCUT2D eigenvalue weighted by Gasteiger charge is 2.19. The number of ether oxygens (including phenoxy) is 1. The fourth-order valence-electron chi connectivity index (χ4n) is 4.85. The molecule has 0 radical (unpaired) electrons. The van der Waals surface area contributed by atoms with Crippen LogP contribution >= 0.6 is 0 Å². The maximum atomic E-state index is 12.3. The summed E-state index contributed by atoms with van der Waals surface area (Å²) in [6, 6.07) is -0.869. The van der Waals surface area contributed by atoms with E-state index in [0.717, 1.165) is 44.9 Å². The Labute approximate surface area is 245 Å². The van der Waals surface area contributed by atoms with E-state index >= 15 is 0 Å². The monoisotopic (exact) mass is 566 g/mol. The van der Waals surface area contributed by atoms with Crippen molar-refractivity contribution in [1.29, 1.82) is 0 Å². The minimum absolute atomic E-state index is 0.0536. The van der Waals surface area contributed by atoms with Crippen LogP contribution in [0.5, 0.6) is 0 Å². The molecule has 0 bridgehead atoms. The topological polar surface area (TPSA) is 119 Å². The summed E-state index contributed by atoms with van der Waals surface area (Å²) in [7, 11) is 0. The Bertz CT molecular complexity index is 653. The number of carbonyl (C=O) groups excluding carboxylic acids is 2. The normalized spacial score (nSPS) is 12.9. The van der Waals surface area contributed by atoms with Gasteiger partial charge in [0, 0.05) is 12.8 Å². The van der Waals surface area contributed by atoms with Crippen molar-refractivity contribution in [3.8, 4) is 0 Å². The third-order valence-corrected chi connectivity index (χ3v) is 7.31. The molecule has 0 rings (SSSR count). The number of carboxylic acids is 1. The number of aliphatic carboxylic acids is 1. The summed E-state index contributed by atoms with van der Waals surface area (Å²) < 4.78 is 5.75. The van der Waals surface area contributed by atoms with Gasteiger partial charge in [0.2, 0.25) is 5.91 Å². The van der Waals surface area contributed by atoms with E-state index < -0.39 is 12.0 Å². The summed E-state index contributed by atoms with van der Waals surface area (Å²) in [4.78, 5) is 35.6. The van der Waals surface area contributed by atoms with Crippen LogP contribution in [0.1, 0.15) is 162 Å². The Morgan fingerprint density at radius 1 is 0.700 bits per heavy atom. The molecule has 1 amide bonds. The van der Waals surface area contributed by atoms with Crippen LogP contribution in [0, 0.1) is 0 Å². The Kier molecular flexibility index (Phi) is 27.3. The minimum Gasteiger partial charge on any atom is -0.480 e. The summed E-state index contributed by atoms with van der Waals surface area (Å²) in [5.41, 5.74) is 5.43. The maximum Gasteiger partial charge on any atom is 0.326 e. The van der Waals surface area contributed by atoms with Crippen LogP contribution in [-0.2, 0) is 19.1 Å². The first-order chi connectivity index (χ1) is 19.4. The lowest BCUT2D eigenvalue weighted by Crippen LogP contribution is -2.40. The van der Waals surface area contributed by atoms with Crippen molar-refractivity contribution in [3.63, 3.8) is 0 Å². The summed E-state index contributed by atoms with van der Waals surface area (Å²) >= 11 is 0. The van der Waals surface area contributed by atoms with E-state index in [1.54, 1.807) is 0 Å². The molecular weight excluding hydrogens is 504 g/mol. The molecule has 0 fully saturated rings. The summed E-state index contributed by atoms with van der Waals surface area (Å²) in [5, 5.41) is 11.8. The van der Waals surface area contributed by atoms with Crippen molar-refractivity contribution in [1.82, 2.24) is 5.32 Å². The molecule has 4 N–H and O–H groups in total. The molecule has 7 heteroatoms. The Morgan fingerprint density at radius 3 is 1.88 bits per heavy atom. The molecule has 0 aliphatic carbocycles. The molecule has 0 spiro atoms. The molecule has 0 aromatic heterocycles. The predicted molar refractivity (Wildman–Crippen MR) is 165 cm³/mol. The number of unbranched alkanes of at least 4 members (excludes halogenated alkanes) is 13. The van der Waals surface area contributed by atoms with Crippen LogP contribution in [-0.4, -0.2) is 41.6 Å². The number of carboxylic acid groups (broad SMARTS) is 1. The second-order valence-corrected chi connectivity index (χ2v) is 11.2. The van der Waals surface area contributed by atoms with Gasteiger partial charge in [-0.15, -0.1) is 0 Å². The first kappa shape index (κ1) is 38.1. The molecule has 0 saturated heterocycles. The number of rotatable bonds is 29. The van der Waals surface area contributed by atoms with Crippen molar-refractivity contribution in [2.75, 3.05) is 6.54 Å². The van der Waals surface area contributed by atoms with Gasteiger partial charge >= 0.3 is 11.9 Å². The van der Waals surface area contributed by atoms with Crippen LogP contribution in [0.25, 0.3) is 0 Å². The van der Waals surface area contributed by atoms with E-state index in [0.29, 0.717) is 38.6 Å². The molecule has 0 aromatic carbocycles. The number of carbonyl (C=O) groups is 3. The van der Waals surface area contributed by atoms with Crippen LogP contribution in [0.4, 0.5) is 0 Å². The van der Waals surface area contributed by atoms with E-state index in [1.807, 2.05) is 0 Å². The van der Waals surface area contributed by atoms with Crippen molar-refractivity contribution < 1.29 is 24.2 Å². The summed E-state index contributed by atoms with van der Waals surface area (Å²) in [6.07, 6.45) is 27.5. The van der Waals surface area contributed by atoms with Crippen LogP contribution in [0.3, 0.4) is 0 Å². The average molecular weight is 567 g/mol. The molecule has 7 nitrogen and oxygen atoms in total. The molecule has 2 unspecified atom stereocenters. The fraction of sp³-hybridized carbons (Fsp3) is 0.848. The smallest absolute Gasteiger partial charge is 0.326 e. The quantitative estimate of drug-likeness (QED) is 0.0479. The summed E-state index contributed by atoms with van der Waals surface area (Å²) in [6.45, 7) is 4.76. The molecular formula is C33H62N2O5. The lowest BCUT2D eigenvalue weighted by molar-refractivity contribution is -0.150. The molecule has 40 heavy (non-hydrogen) atoms. The van der Waals surface area contributed by atoms with E-state index in [-0.39, 0.29) is 18.0 Å². The number of allylic oxidation sites excluding steroid dienone is 2. The van der Waals surface area contributed by atoms with Gasteiger partial charge in [0.15, 0.2) is 0 Å². The summed E-state index contributed by atoms with van der Waals surface area (Å²) in [5.74, 6) is -1.35. The van der Waals surface area contributed by atoms with Crippen LogP contribution in [0.2, 0.25) is 0 Å². The van der Waals surface area contributed by atoms with Gasteiger partial charge in [0.1, 0.15) is 12.1 Å². The van der Waals surface area contributed by atoms with Gasteiger partial charge in [-0.2, -0.15) is 0 Å². The highest BCUT2D eigenvalue weighted by molar-refractivity contribution is 5.83. The van der Waals surface area contributed by atoms with E-state index in [1.165, 1.54) is 70.6 Å². The average Bonchev–Trinajstić information content (AvgIpc) is 2.92. The molecule has 0 aromatic rings. The van der Waals surface area contributed by atoms with Gasteiger partial charge < -0.3 is 20.9 Å². The first-order valence-corrected chi connectivity index (χ1v) is 16.5. The van der Waals surface area contributed by atoms with Crippen molar-refractivity contribution >= 4 is 17.8 Å². The standard InChI is InChI=1S/C33H62N2O5/c1-3-5-6-7-8-9-10-11-12-13-14-15-16-17-21-27-32(37)40-29(23-4-2)24-19-18-20-26-31(36)35-30(33(38)39)25-22-28-34/h11-12,29-30H,3-10,13-28,34H2,1-2H3,(H,35,36)(H,38,39)/b12-11-. The van der Waals surface area contributed by atoms with E-state index in [9.17, 15) is 19.5 Å². The van der Waals surface area contributed by atoms with Crippen molar-refractivity contribution in [2.24, 2.45) is 5.73 Å². The third-order valence-electron chi connectivity index (χ3n) is 7.31. The van der Waals surface area contributed by atoms with Gasteiger partial charge in [-0.1, -0.05) is 90.2 Å². The second kappa shape index (κ2) is 28.6. The van der Waals surface area contributed by atoms with Gasteiger partial charge in [0.25, 0.3) is 0 Å². The molecule has 234 valence electrons. The zero-order valence-electron chi connectivity index (χ0n) is 25.9. The van der Waals surface area contributed by atoms with Crippen molar-refractivity contribution in [2.45, 2.75) is 174 Å². The molecule has 0 saturated carbocycles. The van der Waals surface area contributed by atoms with Gasteiger partial charge in [-0.25, -0.2) is 4.79 Å². The van der Waals surface area contributed by atoms with Crippen LogP contribution < -0.4 is 11.1 Å². The van der Waals surface area contributed by atoms with E-state index in [4.69, 9.17) is 10.5 Å². The third kappa shape index (κ3) is 25.1. The number of nitrogens with one attached hydrogen (secondary N) is 1. The minimum atomic E-state index is -1.02. The Morgan fingerprint density at radius 2 is 1.27 bits per heavy atom. The molecule has 0 aliphatic rings. The lowest BCUT2D eigenvalue weighted by atomic mass is 10.0. The maximum absolute atomic E-state index is 12.3. The predicted octanol–water partition coefficient (Wildman–Crippen LogP) is 7.99. The zero-order chi connectivity index (χ0) is 29.7. The molecule has 2 atom stereocenters. The van der Waals surface area contributed by atoms with Crippen LogP contribution in [0.15, 0.2) is 12.2 Å². The number of hydrogen-bond donors (Lipinski definition) is 3.